The van der Waals surface area contributed by atoms with Crippen LogP contribution in [0.1, 0.15) is 16.1 Å². The van der Waals surface area contributed by atoms with Crippen LogP contribution < -0.4 is 4.74 Å². The van der Waals surface area contributed by atoms with Crippen LogP contribution in [0.3, 0.4) is 0 Å². The third-order valence-electron chi connectivity index (χ3n) is 1.33. The van der Waals surface area contributed by atoms with E-state index in [1.54, 1.807) is 18.6 Å². The van der Waals surface area contributed by atoms with Gasteiger partial charge in [-0.15, -0.1) is 11.3 Å². The number of carbonyl (C=O) groups excluding carboxylic acids is 1. The van der Waals surface area contributed by atoms with Crippen molar-refractivity contribution in [2.45, 2.75) is 6.42 Å². The molecule has 0 saturated carbocycles. The van der Waals surface area contributed by atoms with Gasteiger partial charge >= 0.3 is 0 Å². The van der Waals surface area contributed by atoms with Gasteiger partial charge in [-0.2, -0.15) is 5.26 Å². The van der Waals surface area contributed by atoms with Crippen LogP contribution in [0.2, 0.25) is 0 Å². The fraction of sp³-hybridized carbons (Fsp3) is 0.250. The van der Waals surface area contributed by atoms with E-state index < -0.39 is 0 Å². The summed E-state index contributed by atoms with van der Waals surface area (Å²) >= 11 is 1.30. The highest BCUT2D eigenvalue weighted by Crippen LogP contribution is 2.21. The Bertz CT molecular complexity index is 324. The summed E-state index contributed by atoms with van der Waals surface area (Å²) in [6, 6.07) is 3.45. The Balaban J connectivity index is 2.76. The lowest BCUT2D eigenvalue weighted by Gasteiger charge is -1.89. The van der Waals surface area contributed by atoms with Crippen LogP contribution in [0.25, 0.3) is 0 Å². The monoisotopic (exact) mass is 181 g/mol. The van der Waals surface area contributed by atoms with Crippen molar-refractivity contribution in [3.8, 4) is 11.8 Å². The first-order chi connectivity index (χ1) is 5.77. The number of nitriles is 1. The predicted molar refractivity (Wildman–Crippen MR) is 45.4 cm³/mol. The number of ether oxygens (including phenoxy) is 1. The van der Waals surface area contributed by atoms with Crippen LogP contribution in [0, 0.1) is 11.3 Å². The van der Waals surface area contributed by atoms with Gasteiger partial charge in [-0.1, -0.05) is 0 Å². The van der Waals surface area contributed by atoms with E-state index in [-0.39, 0.29) is 12.2 Å². The molecule has 3 nitrogen and oxygen atoms in total. The molecule has 0 spiro atoms. The number of nitrogens with zero attached hydrogens (tertiary/aromatic N) is 1. The van der Waals surface area contributed by atoms with E-state index in [0.29, 0.717) is 10.6 Å². The molecule has 0 N–H and O–H groups in total. The van der Waals surface area contributed by atoms with Crippen molar-refractivity contribution in [2.75, 3.05) is 7.11 Å². The van der Waals surface area contributed by atoms with Gasteiger partial charge in [-0.25, -0.2) is 0 Å². The highest BCUT2D eigenvalue weighted by Gasteiger charge is 2.08. The van der Waals surface area contributed by atoms with Gasteiger partial charge in [-0.05, 0) is 0 Å². The Morgan fingerprint density at radius 1 is 1.83 bits per heavy atom. The van der Waals surface area contributed by atoms with Crippen LogP contribution in [0.4, 0.5) is 0 Å². The van der Waals surface area contributed by atoms with Crippen molar-refractivity contribution in [2.24, 2.45) is 0 Å². The summed E-state index contributed by atoms with van der Waals surface area (Å²) in [6.07, 6.45) is -0.0658. The average Bonchev–Trinajstić information content (AvgIpc) is 2.52. The van der Waals surface area contributed by atoms with Crippen molar-refractivity contribution >= 4 is 17.1 Å². The Labute approximate surface area is 74.2 Å². The maximum absolute atomic E-state index is 11.1. The number of hydrogen-bond donors (Lipinski definition) is 0. The molecule has 0 unspecified atom stereocenters. The van der Waals surface area contributed by atoms with Crippen molar-refractivity contribution in [3.05, 3.63) is 16.3 Å². The van der Waals surface area contributed by atoms with E-state index in [4.69, 9.17) is 10.00 Å². The molecule has 4 heteroatoms. The summed E-state index contributed by atoms with van der Waals surface area (Å²) in [7, 11) is 1.54. The minimum Gasteiger partial charge on any atom is -0.496 e. The number of carbonyl (C=O) groups is 1. The molecular formula is C8H7NO2S. The van der Waals surface area contributed by atoms with E-state index >= 15 is 0 Å². The lowest BCUT2D eigenvalue weighted by molar-refractivity contribution is 0.100. The van der Waals surface area contributed by atoms with E-state index in [1.165, 1.54) is 11.3 Å². The molecule has 1 rings (SSSR count). The van der Waals surface area contributed by atoms with Gasteiger partial charge in [0.1, 0.15) is 5.75 Å². The molecule has 62 valence electrons. The molecule has 12 heavy (non-hydrogen) atoms. The SMILES string of the molecule is COc1csc(C(=O)CC#N)c1. The van der Waals surface area contributed by atoms with Gasteiger partial charge in [0.25, 0.3) is 0 Å². The lowest BCUT2D eigenvalue weighted by atomic mass is 10.2. The van der Waals surface area contributed by atoms with Crippen molar-refractivity contribution < 1.29 is 9.53 Å². The van der Waals surface area contributed by atoms with Crippen LogP contribution in [-0.2, 0) is 0 Å². The Hall–Kier alpha value is -1.34. The minimum absolute atomic E-state index is 0.0658. The van der Waals surface area contributed by atoms with Gasteiger partial charge in [0.05, 0.1) is 24.5 Å². The zero-order valence-corrected chi connectivity index (χ0v) is 7.35. The molecular weight excluding hydrogens is 174 g/mol. The zero-order valence-electron chi connectivity index (χ0n) is 6.53. The Morgan fingerprint density at radius 2 is 2.58 bits per heavy atom. The molecule has 0 aliphatic carbocycles. The minimum atomic E-state index is -0.147. The molecule has 0 aliphatic heterocycles. The maximum atomic E-state index is 11.1. The topological polar surface area (TPSA) is 50.1 Å². The van der Waals surface area contributed by atoms with Gasteiger partial charge in [0.2, 0.25) is 0 Å². The van der Waals surface area contributed by atoms with E-state index in [2.05, 4.69) is 0 Å². The van der Waals surface area contributed by atoms with Gasteiger partial charge in [-0.3, -0.25) is 4.79 Å². The molecule has 0 saturated heterocycles. The largest absolute Gasteiger partial charge is 0.496 e. The number of rotatable bonds is 3. The number of methoxy groups -OCH3 is 1. The number of Topliss-reactive ketones (excluding diaryl/α,β-unsaturated/α-hetero) is 1. The van der Waals surface area contributed by atoms with Crippen LogP contribution in [-0.4, -0.2) is 12.9 Å². The molecule has 0 aromatic carbocycles. The molecule has 1 heterocycles. The summed E-state index contributed by atoms with van der Waals surface area (Å²) in [5, 5.41) is 10.0. The Morgan fingerprint density at radius 3 is 3.08 bits per heavy atom. The summed E-state index contributed by atoms with van der Waals surface area (Å²) in [4.78, 5) is 11.7. The van der Waals surface area contributed by atoms with Gasteiger partial charge < -0.3 is 4.74 Å². The van der Waals surface area contributed by atoms with Crippen molar-refractivity contribution in [1.82, 2.24) is 0 Å². The number of ketones is 1. The first kappa shape index (κ1) is 8.75. The van der Waals surface area contributed by atoms with E-state index in [0.717, 1.165) is 0 Å². The fourth-order valence-corrected chi connectivity index (χ4v) is 1.53. The quantitative estimate of drug-likeness (QED) is 0.668. The standard InChI is InChI=1S/C8H7NO2S/c1-11-6-4-8(12-5-6)7(10)2-3-9/h4-5H,2H2,1H3. The summed E-state index contributed by atoms with van der Waals surface area (Å²) < 4.78 is 4.90. The third-order valence-corrected chi connectivity index (χ3v) is 2.28. The molecule has 0 amide bonds. The zero-order chi connectivity index (χ0) is 8.97. The second-order valence-corrected chi connectivity index (χ2v) is 3.02. The van der Waals surface area contributed by atoms with Crippen LogP contribution in [0.5, 0.6) is 5.75 Å². The molecule has 1 aromatic rings. The summed E-state index contributed by atoms with van der Waals surface area (Å²) in [5.41, 5.74) is 0. The molecule has 0 fully saturated rings. The first-order valence-electron chi connectivity index (χ1n) is 3.30. The molecule has 1 aromatic heterocycles. The normalized spacial score (nSPS) is 9.00. The summed E-state index contributed by atoms with van der Waals surface area (Å²) in [6.45, 7) is 0. The maximum Gasteiger partial charge on any atom is 0.186 e. The molecule has 0 atom stereocenters. The van der Waals surface area contributed by atoms with Crippen molar-refractivity contribution in [1.29, 1.82) is 5.26 Å². The summed E-state index contributed by atoms with van der Waals surface area (Å²) in [5.74, 6) is 0.520. The van der Waals surface area contributed by atoms with Gasteiger partial charge in [0.15, 0.2) is 5.78 Å². The van der Waals surface area contributed by atoms with E-state index in [9.17, 15) is 4.79 Å². The van der Waals surface area contributed by atoms with Crippen LogP contribution in [0.15, 0.2) is 11.4 Å². The molecule has 0 radical (unpaired) electrons. The van der Waals surface area contributed by atoms with Gasteiger partial charge in [0, 0.05) is 11.4 Å². The average molecular weight is 181 g/mol. The molecule has 0 bridgehead atoms. The third kappa shape index (κ3) is 1.83. The van der Waals surface area contributed by atoms with E-state index in [1.807, 2.05) is 6.07 Å². The van der Waals surface area contributed by atoms with Crippen molar-refractivity contribution in [3.63, 3.8) is 0 Å². The lowest BCUT2D eigenvalue weighted by Crippen LogP contribution is -1.92. The highest BCUT2D eigenvalue weighted by molar-refractivity contribution is 7.12. The smallest absolute Gasteiger partial charge is 0.186 e. The predicted octanol–water partition coefficient (Wildman–Crippen LogP) is 1.85. The first-order valence-corrected chi connectivity index (χ1v) is 4.18. The van der Waals surface area contributed by atoms with Crippen LogP contribution >= 0.6 is 11.3 Å². The fourth-order valence-electron chi connectivity index (χ4n) is 0.731. The second kappa shape index (κ2) is 3.88. The Kier molecular flexibility index (Phi) is 2.83. The number of hydrogen-bond acceptors (Lipinski definition) is 4. The number of thiophene rings is 1. The second-order valence-electron chi connectivity index (χ2n) is 2.11. The highest BCUT2D eigenvalue weighted by atomic mass is 32.1. The molecule has 0 aliphatic rings.